The van der Waals surface area contributed by atoms with Crippen molar-refractivity contribution in [1.29, 1.82) is 0 Å². The van der Waals surface area contributed by atoms with Gasteiger partial charge >= 0.3 is 0 Å². The number of nitrogens with zero attached hydrogens (tertiary/aromatic N) is 1. The summed E-state index contributed by atoms with van der Waals surface area (Å²) in [6.45, 7) is 0.739. The van der Waals surface area contributed by atoms with Crippen LogP contribution >= 0.6 is 0 Å². The standard InChI is InChI=1S/C16H17N3O3S/c1-19-6-4-10-12(23(2,21)22)7-9-8-18-11-3-5-17-15(13(9)11)14(10)16(19)20/h4,6-8,11,17-18H,3,5H2,1-2H3. The highest BCUT2D eigenvalue weighted by atomic mass is 32.2. The Hall–Kier alpha value is -2.28. The van der Waals surface area contributed by atoms with Crippen LogP contribution in [0.25, 0.3) is 10.6 Å². The summed E-state index contributed by atoms with van der Waals surface area (Å²) in [5.41, 5.74) is 3.29. The molecule has 4 rings (SSSR count). The summed E-state index contributed by atoms with van der Waals surface area (Å²) in [4.78, 5) is 12.9. The van der Waals surface area contributed by atoms with Gasteiger partial charge in [0.15, 0.2) is 9.84 Å². The van der Waals surface area contributed by atoms with Crippen LogP contribution < -0.4 is 16.2 Å². The molecule has 2 N–H and O–H groups in total. The topological polar surface area (TPSA) is 80.2 Å². The predicted octanol–water partition coefficient (Wildman–Crippen LogP) is 0.345. The van der Waals surface area contributed by atoms with Gasteiger partial charge in [-0.3, -0.25) is 4.79 Å². The third-order valence-corrected chi connectivity index (χ3v) is 5.71. The molecule has 1 unspecified atom stereocenters. The maximum absolute atomic E-state index is 12.8. The average Bonchev–Trinajstić information content (AvgIpc) is 2.82. The van der Waals surface area contributed by atoms with Crippen LogP contribution in [-0.4, -0.2) is 31.8 Å². The van der Waals surface area contributed by atoms with Crippen molar-refractivity contribution in [2.24, 2.45) is 7.05 Å². The average molecular weight is 331 g/mol. The largest absolute Gasteiger partial charge is 0.384 e. The van der Waals surface area contributed by atoms with Crippen LogP contribution in [0.1, 0.15) is 17.5 Å². The molecule has 120 valence electrons. The Kier molecular flexibility index (Phi) is 2.87. The number of fused-ring (bicyclic) bond motifs is 2. The molecule has 0 aromatic carbocycles. The fourth-order valence-electron chi connectivity index (χ4n) is 3.48. The minimum Gasteiger partial charge on any atom is -0.384 e. The maximum atomic E-state index is 12.8. The second-order valence-corrected chi connectivity index (χ2v) is 8.11. The molecule has 23 heavy (non-hydrogen) atoms. The van der Waals surface area contributed by atoms with E-state index in [0.29, 0.717) is 11.1 Å². The van der Waals surface area contributed by atoms with E-state index in [0.717, 1.165) is 29.8 Å². The Morgan fingerprint density at radius 2 is 2.13 bits per heavy atom. The number of rotatable bonds is 1. The first-order valence-corrected chi connectivity index (χ1v) is 9.34. The van der Waals surface area contributed by atoms with Gasteiger partial charge in [0.25, 0.3) is 5.56 Å². The fraction of sp³-hybridized carbons (Fsp3) is 0.312. The Morgan fingerprint density at radius 1 is 1.35 bits per heavy atom. The second kappa shape index (κ2) is 4.61. The Bertz CT molecular complexity index is 980. The summed E-state index contributed by atoms with van der Waals surface area (Å²) >= 11 is 0. The van der Waals surface area contributed by atoms with Crippen molar-refractivity contribution < 1.29 is 8.42 Å². The van der Waals surface area contributed by atoms with Gasteiger partial charge in [0.2, 0.25) is 0 Å². The monoisotopic (exact) mass is 331 g/mol. The van der Waals surface area contributed by atoms with Crippen molar-refractivity contribution >= 4 is 20.4 Å². The molecule has 0 bridgehead atoms. The van der Waals surface area contributed by atoms with Gasteiger partial charge in [-0.15, -0.1) is 0 Å². The number of hydrogen-bond donors (Lipinski definition) is 2. The SMILES string of the molecule is Cn1ccc2c(c1=O)C1=C3C(=CNC3CCN1)C=C2S(C)(=O)=O. The van der Waals surface area contributed by atoms with E-state index in [1.807, 2.05) is 6.20 Å². The number of hydrogen-bond acceptors (Lipinski definition) is 5. The lowest BCUT2D eigenvalue weighted by Crippen LogP contribution is -2.36. The molecule has 0 radical (unpaired) electrons. The molecule has 1 aromatic rings. The molecular formula is C16H17N3O3S. The van der Waals surface area contributed by atoms with Crippen LogP contribution in [0.15, 0.2) is 40.5 Å². The molecule has 0 amide bonds. The van der Waals surface area contributed by atoms with E-state index < -0.39 is 9.84 Å². The molecule has 1 atom stereocenters. The number of allylic oxidation sites excluding steroid dienone is 1. The minimum atomic E-state index is -3.47. The molecule has 1 aromatic heterocycles. The van der Waals surface area contributed by atoms with Gasteiger partial charge in [-0.2, -0.15) is 0 Å². The Balaban J connectivity index is 2.16. The zero-order chi connectivity index (χ0) is 16.4. The first-order chi connectivity index (χ1) is 10.9. The fourth-order valence-corrected chi connectivity index (χ4v) is 4.39. The van der Waals surface area contributed by atoms with E-state index in [9.17, 15) is 13.2 Å². The first-order valence-electron chi connectivity index (χ1n) is 7.44. The molecule has 0 saturated carbocycles. The molecule has 0 spiro atoms. The molecule has 1 aliphatic carbocycles. The van der Waals surface area contributed by atoms with Gasteiger partial charge in [0, 0.05) is 43.4 Å². The summed E-state index contributed by atoms with van der Waals surface area (Å²) in [7, 11) is -1.80. The van der Waals surface area contributed by atoms with Gasteiger partial charge in [-0.25, -0.2) is 8.42 Å². The maximum Gasteiger partial charge on any atom is 0.260 e. The highest BCUT2D eigenvalue weighted by Gasteiger charge is 2.35. The molecule has 3 heterocycles. The van der Waals surface area contributed by atoms with Gasteiger partial charge in [-0.05, 0) is 24.1 Å². The van der Waals surface area contributed by atoms with Crippen LogP contribution in [0.3, 0.4) is 0 Å². The Morgan fingerprint density at radius 3 is 2.87 bits per heavy atom. The van der Waals surface area contributed by atoms with Gasteiger partial charge < -0.3 is 15.2 Å². The van der Waals surface area contributed by atoms with Crippen molar-refractivity contribution in [3.63, 3.8) is 0 Å². The van der Waals surface area contributed by atoms with Gasteiger partial charge in [0.05, 0.1) is 22.2 Å². The lowest BCUT2D eigenvalue weighted by molar-refractivity contribution is 0.596. The lowest BCUT2D eigenvalue weighted by Gasteiger charge is -2.26. The van der Waals surface area contributed by atoms with Crippen LogP contribution in [0.4, 0.5) is 0 Å². The summed E-state index contributed by atoms with van der Waals surface area (Å²) in [6.07, 6.45) is 7.20. The van der Waals surface area contributed by atoms with Crippen molar-refractivity contribution in [2.75, 3.05) is 12.8 Å². The number of pyridine rings is 1. The van der Waals surface area contributed by atoms with Crippen LogP contribution in [0.2, 0.25) is 0 Å². The summed E-state index contributed by atoms with van der Waals surface area (Å²) < 4.78 is 26.1. The molecule has 3 aliphatic rings. The van der Waals surface area contributed by atoms with E-state index in [2.05, 4.69) is 10.6 Å². The second-order valence-electron chi connectivity index (χ2n) is 6.12. The third-order valence-electron chi connectivity index (χ3n) is 4.57. The summed E-state index contributed by atoms with van der Waals surface area (Å²) in [6, 6.07) is 1.83. The number of sulfone groups is 1. The van der Waals surface area contributed by atoms with Crippen molar-refractivity contribution in [1.82, 2.24) is 15.2 Å². The van der Waals surface area contributed by atoms with E-state index in [1.165, 1.54) is 10.8 Å². The van der Waals surface area contributed by atoms with E-state index in [-0.39, 0.29) is 16.5 Å². The molecule has 0 saturated heterocycles. The van der Waals surface area contributed by atoms with Crippen LogP contribution in [0.5, 0.6) is 0 Å². The summed E-state index contributed by atoms with van der Waals surface area (Å²) in [5, 5.41) is 6.60. The quantitative estimate of drug-likeness (QED) is 0.776. The van der Waals surface area contributed by atoms with Crippen molar-refractivity contribution in [3.8, 4) is 0 Å². The Labute approximate surface area is 134 Å². The number of aromatic nitrogens is 1. The lowest BCUT2D eigenvalue weighted by atomic mass is 9.93. The van der Waals surface area contributed by atoms with Gasteiger partial charge in [0.1, 0.15) is 0 Å². The molecule has 2 aliphatic heterocycles. The molecular weight excluding hydrogens is 314 g/mol. The first kappa shape index (κ1) is 14.3. The molecule has 0 fully saturated rings. The highest BCUT2D eigenvalue weighted by Crippen LogP contribution is 2.39. The normalized spacial score (nSPS) is 22.3. The molecule has 6 nitrogen and oxygen atoms in total. The van der Waals surface area contributed by atoms with E-state index in [1.54, 1.807) is 25.4 Å². The highest BCUT2D eigenvalue weighted by molar-refractivity contribution is 8.00. The van der Waals surface area contributed by atoms with Crippen molar-refractivity contribution in [3.05, 3.63) is 57.2 Å². The summed E-state index contributed by atoms with van der Waals surface area (Å²) in [5.74, 6) is 0. The zero-order valence-corrected chi connectivity index (χ0v) is 13.7. The molecule has 7 heteroatoms. The third kappa shape index (κ3) is 1.99. The van der Waals surface area contributed by atoms with Gasteiger partial charge in [-0.1, -0.05) is 0 Å². The van der Waals surface area contributed by atoms with Crippen LogP contribution in [0, 0.1) is 0 Å². The number of nitrogens with one attached hydrogen (secondary N) is 2. The van der Waals surface area contributed by atoms with Crippen molar-refractivity contribution in [2.45, 2.75) is 12.5 Å². The van der Waals surface area contributed by atoms with E-state index in [4.69, 9.17) is 0 Å². The minimum absolute atomic E-state index is 0.120. The van der Waals surface area contributed by atoms with Crippen LogP contribution in [-0.2, 0) is 16.9 Å². The van der Waals surface area contributed by atoms with E-state index >= 15 is 0 Å². The smallest absolute Gasteiger partial charge is 0.260 e. The predicted molar refractivity (Wildman–Crippen MR) is 89.1 cm³/mol. The number of aryl methyl sites for hydroxylation is 1. The zero-order valence-electron chi connectivity index (χ0n) is 12.9.